The highest BCUT2D eigenvalue weighted by molar-refractivity contribution is 7.80. The second kappa shape index (κ2) is 10.1. The molecule has 0 radical (unpaired) electrons. The maximum absolute atomic E-state index is 11.8. The summed E-state index contributed by atoms with van der Waals surface area (Å²) in [7, 11) is 1.63. The SMILES string of the molecule is COCCNC(=O)CN1CCN(C(=S)NC2CCCCC2)CC1. The van der Waals surface area contributed by atoms with Gasteiger partial charge in [-0.1, -0.05) is 19.3 Å². The molecule has 2 rings (SSSR count). The van der Waals surface area contributed by atoms with Crippen LogP contribution in [0.2, 0.25) is 0 Å². The van der Waals surface area contributed by atoms with Gasteiger partial charge in [0.15, 0.2) is 5.11 Å². The molecule has 1 saturated carbocycles. The lowest BCUT2D eigenvalue weighted by Crippen LogP contribution is -2.54. The van der Waals surface area contributed by atoms with Crippen LogP contribution in [0.5, 0.6) is 0 Å². The molecule has 0 bridgehead atoms. The Hall–Kier alpha value is -0.920. The zero-order valence-electron chi connectivity index (χ0n) is 14.2. The van der Waals surface area contributed by atoms with Crippen molar-refractivity contribution in [1.29, 1.82) is 0 Å². The summed E-state index contributed by atoms with van der Waals surface area (Å²) in [6.45, 7) is 5.13. The molecule has 0 aromatic rings. The largest absolute Gasteiger partial charge is 0.383 e. The van der Waals surface area contributed by atoms with Crippen molar-refractivity contribution in [3.63, 3.8) is 0 Å². The van der Waals surface area contributed by atoms with Crippen LogP contribution in [0.3, 0.4) is 0 Å². The summed E-state index contributed by atoms with van der Waals surface area (Å²) in [6, 6.07) is 0.556. The molecule has 23 heavy (non-hydrogen) atoms. The minimum Gasteiger partial charge on any atom is -0.383 e. The van der Waals surface area contributed by atoms with Gasteiger partial charge in [-0.25, -0.2) is 0 Å². The van der Waals surface area contributed by atoms with E-state index in [9.17, 15) is 4.79 Å². The van der Waals surface area contributed by atoms with Gasteiger partial charge in [-0.3, -0.25) is 9.69 Å². The molecule has 1 saturated heterocycles. The van der Waals surface area contributed by atoms with Gasteiger partial charge in [0.1, 0.15) is 0 Å². The van der Waals surface area contributed by atoms with E-state index >= 15 is 0 Å². The van der Waals surface area contributed by atoms with Crippen LogP contribution in [0.25, 0.3) is 0 Å². The van der Waals surface area contributed by atoms with Crippen molar-refractivity contribution in [2.24, 2.45) is 0 Å². The van der Waals surface area contributed by atoms with Gasteiger partial charge in [0.05, 0.1) is 13.2 Å². The summed E-state index contributed by atoms with van der Waals surface area (Å²) in [6.07, 6.45) is 6.46. The first kappa shape index (κ1) is 18.4. The molecule has 0 aromatic heterocycles. The van der Waals surface area contributed by atoms with Crippen molar-refractivity contribution in [2.45, 2.75) is 38.1 Å². The van der Waals surface area contributed by atoms with Crippen LogP contribution in [-0.4, -0.2) is 79.8 Å². The van der Waals surface area contributed by atoms with Crippen LogP contribution in [0.15, 0.2) is 0 Å². The molecule has 2 N–H and O–H groups in total. The Morgan fingerprint density at radius 3 is 2.52 bits per heavy atom. The number of rotatable bonds is 6. The lowest BCUT2D eigenvalue weighted by Gasteiger charge is -2.37. The summed E-state index contributed by atoms with van der Waals surface area (Å²) < 4.78 is 4.93. The number of nitrogens with one attached hydrogen (secondary N) is 2. The van der Waals surface area contributed by atoms with Gasteiger partial charge in [-0.2, -0.15) is 0 Å². The first-order valence-electron chi connectivity index (χ1n) is 8.72. The third-order valence-corrected chi connectivity index (χ3v) is 4.96. The number of nitrogens with zero attached hydrogens (tertiary/aromatic N) is 2. The van der Waals surface area contributed by atoms with E-state index in [0.29, 0.717) is 25.7 Å². The first-order chi connectivity index (χ1) is 11.2. The van der Waals surface area contributed by atoms with Crippen molar-refractivity contribution >= 4 is 23.2 Å². The Kier molecular flexibility index (Phi) is 8.05. The van der Waals surface area contributed by atoms with E-state index in [1.165, 1.54) is 32.1 Å². The van der Waals surface area contributed by atoms with Crippen molar-refractivity contribution < 1.29 is 9.53 Å². The molecule has 0 spiro atoms. The number of methoxy groups -OCH3 is 1. The van der Waals surface area contributed by atoms with Gasteiger partial charge in [-0.15, -0.1) is 0 Å². The minimum absolute atomic E-state index is 0.0680. The van der Waals surface area contributed by atoms with E-state index in [2.05, 4.69) is 20.4 Å². The molecule has 1 heterocycles. The quantitative estimate of drug-likeness (QED) is 0.544. The van der Waals surface area contributed by atoms with Gasteiger partial charge in [0.2, 0.25) is 5.91 Å². The highest BCUT2D eigenvalue weighted by Gasteiger charge is 2.22. The number of piperazine rings is 1. The molecule has 7 heteroatoms. The van der Waals surface area contributed by atoms with E-state index in [1.54, 1.807) is 7.11 Å². The number of hydrogen-bond donors (Lipinski definition) is 2. The van der Waals surface area contributed by atoms with E-state index < -0.39 is 0 Å². The average molecular weight is 343 g/mol. The molecule has 0 unspecified atom stereocenters. The van der Waals surface area contributed by atoms with E-state index in [-0.39, 0.29) is 5.91 Å². The number of ether oxygens (including phenoxy) is 1. The Labute approximate surface area is 144 Å². The fourth-order valence-electron chi connectivity index (χ4n) is 3.17. The minimum atomic E-state index is 0.0680. The topological polar surface area (TPSA) is 56.8 Å². The lowest BCUT2D eigenvalue weighted by molar-refractivity contribution is -0.122. The predicted octanol–water partition coefficient (Wildman–Crippen LogP) is 0.574. The van der Waals surface area contributed by atoms with Crippen LogP contribution in [0, 0.1) is 0 Å². The maximum Gasteiger partial charge on any atom is 0.234 e. The van der Waals surface area contributed by atoms with Crippen molar-refractivity contribution in [3.05, 3.63) is 0 Å². The van der Waals surface area contributed by atoms with Gasteiger partial charge in [0, 0.05) is 45.9 Å². The van der Waals surface area contributed by atoms with E-state index in [4.69, 9.17) is 17.0 Å². The van der Waals surface area contributed by atoms with Crippen LogP contribution >= 0.6 is 12.2 Å². The summed E-state index contributed by atoms with van der Waals surface area (Å²) in [5.74, 6) is 0.0680. The lowest BCUT2D eigenvalue weighted by atomic mass is 9.96. The highest BCUT2D eigenvalue weighted by atomic mass is 32.1. The Balaban J connectivity index is 1.62. The molecule has 132 valence electrons. The average Bonchev–Trinajstić information content (AvgIpc) is 2.56. The number of amides is 1. The van der Waals surface area contributed by atoms with E-state index in [1.807, 2.05) is 0 Å². The monoisotopic (exact) mass is 342 g/mol. The standard InChI is InChI=1S/C16H30N4O2S/c1-22-12-7-17-15(21)13-19-8-10-20(11-9-19)16(23)18-14-5-3-2-4-6-14/h14H,2-13H2,1H3,(H,17,21)(H,18,23). The molecule has 1 amide bonds. The first-order valence-corrected chi connectivity index (χ1v) is 9.13. The summed E-state index contributed by atoms with van der Waals surface area (Å²) in [5.41, 5.74) is 0. The fraction of sp³-hybridized carbons (Fsp3) is 0.875. The number of hydrogen-bond acceptors (Lipinski definition) is 4. The second-order valence-electron chi connectivity index (χ2n) is 6.39. The smallest absolute Gasteiger partial charge is 0.234 e. The maximum atomic E-state index is 11.8. The molecule has 1 aliphatic carbocycles. The molecule has 6 nitrogen and oxygen atoms in total. The summed E-state index contributed by atoms with van der Waals surface area (Å²) in [5, 5.41) is 7.28. The fourth-order valence-corrected chi connectivity index (χ4v) is 3.52. The van der Waals surface area contributed by atoms with Crippen LogP contribution in [0.4, 0.5) is 0 Å². The molecule has 2 fully saturated rings. The summed E-state index contributed by atoms with van der Waals surface area (Å²) >= 11 is 5.56. The van der Waals surface area contributed by atoms with Gasteiger partial charge in [-0.05, 0) is 25.1 Å². The predicted molar refractivity (Wildman–Crippen MR) is 95.5 cm³/mol. The third-order valence-electron chi connectivity index (χ3n) is 4.59. The van der Waals surface area contributed by atoms with Crippen molar-refractivity contribution in [1.82, 2.24) is 20.4 Å². The Morgan fingerprint density at radius 1 is 1.17 bits per heavy atom. The molecule has 2 aliphatic rings. The molecule has 0 atom stereocenters. The number of carbonyl (C=O) groups is 1. The van der Waals surface area contributed by atoms with E-state index in [0.717, 1.165) is 31.3 Å². The summed E-state index contributed by atoms with van der Waals surface area (Å²) in [4.78, 5) is 16.2. The Morgan fingerprint density at radius 2 is 1.87 bits per heavy atom. The van der Waals surface area contributed by atoms with Crippen molar-refractivity contribution in [3.8, 4) is 0 Å². The van der Waals surface area contributed by atoms with Gasteiger partial charge in [0.25, 0.3) is 0 Å². The second-order valence-corrected chi connectivity index (χ2v) is 6.78. The van der Waals surface area contributed by atoms with Crippen LogP contribution in [-0.2, 0) is 9.53 Å². The third kappa shape index (κ3) is 6.61. The number of carbonyl (C=O) groups excluding carboxylic acids is 1. The zero-order valence-corrected chi connectivity index (χ0v) is 15.0. The molecular weight excluding hydrogens is 312 g/mol. The van der Waals surface area contributed by atoms with Crippen LogP contribution in [0.1, 0.15) is 32.1 Å². The zero-order chi connectivity index (χ0) is 16.5. The highest BCUT2D eigenvalue weighted by Crippen LogP contribution is 2.17. The molecular formula is C16H30N4O2S. The molecule has 1 aliphatic heterocycles. The Bertz CT molecular complexity index is 380. The molecule has 0 aromatic carbocycles. The van der Waals surface area contributed by atoms with Crippen LogP contribution < -0.4 is 10.6 Å². The number of thiocarbonyl (C=S) groups is 1. The normalized spacial score (nSPS) is 20.3. The van der Waals surface area contributed by atoms with Gasteiger partial charge < -0.3 is 20.3 Å². The van der Waals surface area contributed by atoms with Gasteiger partial charge >= 0.3 is 0 Å². The van der Waals surface area contributed by atoms with Crippen molar-refractivity contribution in [2.75, 3.05) is 53.0 Å².